The molecular formula is C22H26F5N3O4. The van der Waals surface area contributed by atoms with Gasteiger partial charge in [-0.2, -0.15) is 13.2 Å². The lowest BCUT2D eigenvalue weighted by Crippen LogP contribution is -2.62. The molecule has 188 valence electrons. The van der Waals surface area contributed by atoms with Gasteiger partial charge in [-0.05, 0) is 44.7 Å². The van der Waals surface area contributed by atoms with Crippen LogP contribution >= 0.6 is 0 Å². The summed E-state index contributed by atoms with van der Waals surface area (Å²) in [5, 5.41) is 7.12. The van der Waals surface area contributed by atoms with Crippen LogP contribution in [-0.4, -0.2) is 69.4 Å². The van der Waals surface area contributed by atoms with Crippen LogP contribution in [0.5, 0.6) is 0 Å². The van der Waals surface area contributed by atoms with Crippen LogP contribution in [0.15, 0.2) is 18.2 Å². The fourth-order valence-electron chi connectivity index (χ4n) is 4.55. The molecule has 2 aliphatic heterocycles. The molecule has 1 unspecified atom stereocenters. The molecule has 4 rings (SSSR count). The summed E-state index contributed by atoms with van der Waals surface area (Å²) in [7, 11) is 0. The molecule has 3 heterocycles. The fourth-order valence-corrected chi connectivity index (χ4v) is 4.55. The molecule has 3 aliphatic rings. The van der Waals surface area contributed by atoms with Crippen LogP contribution in [0.25, 0.3) is 0 Å². The van der Waals surface area contributed by atoms with Gasteiger partial charge in [-0.25, -0.2) is 13.6 Å². The third-order valence-electron chi connectivity index (χ3n) is 6.12. The summed E-state index contributed by atoms with van der Waals surface area (Å²) in [5.74, 6) is -6.37. The van der Waals surface area contributed by atoms with Crippen molar-refractivity contribution in [3.8, 4) is 0 Å². The van der Waals surface area contributed by atoms with Crippen LogP contribution in [0.4, 0.5) is 22.0 Å². The number of aromatic nitrogens is 1. The van der Waals surface area contributed by atoms with E-state index in [0.717, 1.165) is 24.2 Å². The highest BCUT2D eigenvalue weighted by Gasteiger charge is 2.56. The highest BCUT2D eigenvalue weighted by Crippen LogP contribution is 2.46. The van der Waals surface area contributed by atoms with E-state index in [1.54, 1.807) is 4.90 Å². The Morgan fingerprint density at radius 3 is 2.41 bits per heavy atom. The van der Waals surface area contributed by atoms with Gasteiger partial charge in [-0.15, -0.1) is 0 Å². The van der Waals surface area contributed by atoms with E-state index in [9.17, 15) is 31.5 Å². The van der Waals surface area contributed by atoms with Gasteiger partial charge in [-0.3, -0.25) is 14.6 Å². The van der Waals surface area contributed by atoms with Gasteiger partial charge in [0.15, 0.2) is 0 Å². The molecule has 0 radical (unpaired) electrons. The predicted octanol–water partition coefficient (Wildman–Crippen LogP) is 3.41. The smallest absolute Gasteiger partial charge is 0.475 e. The molecule has 0 aromatic carbocycles. The zero-order valence-electron chi connectivity index (χ0n) is 18.6. The van der Waals surface area contributed by atoms with Crippen molar-refractivity contribution in [1.82, 2.24) is 14.8 Å². The van der Waals surface area contributed by atoms with Gasteiger partial charge in [0.25, 0.3) is 5.92 Å². The molecule has 2 saturated heterocycles. The lowest BCUT2D eigenvalue weighted by atomic mass is 9.71. The van der Waals surface area contributed by atoms with Crippen LogP contribution in [-0.2, 0) is 20.9 Å². The molecular weight excluding hydrogens is 465 g/mol. The maximum absolute atomic E-state index is 14.5. The summed E-state index contributed by atoms with van der Waals surface area (Å²) in [4.78, 5) is 41.9. The standard InChI is InChI=1S/C20H25F2N3O2.C2HF3O2/c1-14-4-2-5-16(23-14)10-24-9-3-8-19(18(24)27)11-20(21,22)13-25(12-19)17(26)15-6-7-15;3-2(4,5)1(6)7/h2,4-5,15H,3,6-13H2,1H3;(H,6,7). The first-order chi connectivity index (χ1) is 15.7. The van der Waals surface area contributed by atoms with Gasteiger partial charge in [0, 0.05) is 31.1 Å². The summed E-state index contributed by atoms with van der Waals surface area (Å²) in [6, 6.07) is 5.61. The fraction of sp³-hybridized carbons (Fsp3) is 0.636. The number of rotatable bonds is 3. The van der Waals surface area contributed by atoms with Crippen LogP contribution < -0.4 is 0 Å². The number of carbonyl (C=O) groups excluding carboxylic acids is 2. The Morgan fingerprint density at radius 1 is 1.21 bits per heavy atom. The molecule has 1 saturated carbocycles. The number of amides is 2. The van der Waals surface area contributed by atoms with E-state index in [1.165, 1.54) is 4.90 Å². The molecule has 1 spiro atoms. The van der Waals surface area contributed by atoms with Crippen molar-refractivity contribution in [3.63, 3.8) is 0 Å². The topological polar surface area (TPSA) is 90.8 Å². The lowest BCUT2D eigenvalue weighted by molar-refractivity contribution is -0.192. The zero-order chi connectivity index (χ0) is 25.3. The van der Waals surface area contributed by atoms with Gasteiger partial charge in [0.1, 0.15) is 0 Å². The number of aryl methyl sites for hydroxylation is 1. The summed E-state index contributed by atoms with van der Waals surface area (Å²) >= 11 is 0. The Bertz CT molecular complexity index is 951. The SMILES string of the molecule is Cc1cccc(CN2CCCC3(CN(C(=O)C4CC4)CC(F)(F)C3)C2=O)n1.O=C(O)C(F)(F)F. The number of hydrogen-bond donors (Lipinski definition) is 1. The predicted molar refractivity (Wildman–Crippen MR) is 109 cm³/mol. The number of carboxylic acids is 1. The Morgan fingerprint density at radius 2 is 1.85 bits per heavy atom. The van der Waals surface area contributed by atoms with E-state index in [1.807, 2.05) is 25.1 Å². The molecule has 2 amide bonds. The third-order valence-corrected chi connectivity index (χ3v) is 6.12. The second-order valence-electron chi connectivity index (χ2n) is 9.19. The van der Waals surface area contributed by atoms with Crippen LogP contribution in [0.3, 0.4) is 0 Å². The average molecular weight is 491 g/mol. The number of pyridine rings is 1. The largest absolute Gasteiger partial charge is 0.490 e. The van der Waals surface area contributed by atoms with Gasteiger partial charge >= 0.3 is 12.1 Å². The minimum atomic E-state index is -5.08. The van der Waals surface area contributed by atoms with Crippen LogP contribution in [0.1, 0.15) is 43.5 Å². The summed E-state index contributed by atoms with van der Waals surface area (Å²) in [6.07, 6.45) is -2.93. The highest BCUT2D eigenvalue weighted by atomic mass is 19.4. The number of piperidine rings is 2. The monoisotopic (exact) mass is 491 g/mol. The number of halogens is 5. The number of carboxylic acid groups (broad SMARTS) is 1. The maximum Gasteiger partial charge on any atom is 0.490 e. The van der Waals surface area contributed by atoms with Crippen LogP contribution in [0.2, 0.25) is 0 Å². The van der Waals surface area contributed by atoms with E-state index < -0.39 is 36.4 Å². The molecule has 1 N–H and O–H groups in total. The number of carbonyl (C=O) groups is 3. The van der Waals surface area contributed by atoms with Gasteiger partial charge in [-0.1, -0.05) is 6.07 Å². The van der Waals surface area contributed by atoms with Crippen molar-refractivity contribution in [1.29, 1.82) is 0 Å². The van der Waals surface area contributed by atoms with E-state index in [2.05, 4.69) is 4.98 Å². The van der Waals surface area contributed by atoms with Crippen molar-refractivity contribution in [2.45, 2.75) is 57.7 Å². The molecule has 1 aliphatic carbocycles. The quantitative estimate of drug-likeness (QED) is 0.655. The van der Waals surface area contributed by atoms with E-state index in [-0.39, 0.29) is 24.3 Å². The molecule has 7 nitrogen and oxygen atoms in total. The summed E-state index contributed by atoms with van der Waals surface area (Å²) < 4.78 is 60.8. The van der Waals surface area contributed by atoms with Crippen molar-refractivity contribution < 1.29 is 41.4 Å². The molecule has 1 aromatic heterocycles. The summed E-state index contributed by atoms with van der Waals surface area (Å²) in [5.41, 5.74) is 0.444. The van der Waals surface area contributed by atoms with Crippen molar-refractivity contribution in [2.24, 2.45) is 11.3 Å². The lowest BCUT2D eigenvalue weighted by Gasteiger charge is -2.49. The first kappa shape index (κ1) is 25.8. The molecule has 12 heteroatoms. The first-order valence-corrected chi connectivity index (χ1v) is 10.9. The Hall–Kier alpha value is -2.79. The molecule has 1 aromatic rings. The second-order valence-corrected chi connectivity index (χ2v) is 9.19. The average Bonchev–Trinajstić information content (AvgIpc) is 3.55. The van der Waals surface area contributed by atoms with Gasteiger partial charge in [0.05, 0.1) is 24.2 Å². The maximum atomic E-state index is 14.5. The van der Waals surface area contributed by atoms with Gasteiger partial charge < -0.3 is 14.9 Å². The minimum absolute atomic E-state index is 0.120. The Labute approximate surface area is 192 Å². The highest BCUT2D eigenvalue weighted by molar-refractivity contribution is 5.86. The first-order valence-electron chi connectivity index (χ1n) is 10.9. The minimum Gasteiger partial charge on any atom is -0.475 e. The number of likely N-dealkylation sites (tertiary alicyclic amines) is 2. The van der Waals surface area contributed by atoms with Crippen LogP contribution in [0, 0.1) is 18.3 Å². The number of hydrogen-bond acceptors (Lipinski definition) is 4. The Kier molecular flexibility index (Phi) is 7.18. The third kappa shape index (κ3) is 6.20. The number of aliphatic carboxylic acids is 1. The second kappa shape index (κ2) is 9.46. The van der Waals surface area contributed by atoms with Crippen molar-refractivity contribution >= 4 is 17.8 Å². The van der Waals surface area contributed by atoms with Crippen molar-refractivity contribution in [3.05, 3.63) is 29.6 Å². The molecule has 3 fully saturated rings. The summed E-state index contributed by atoms with van der Waals surface area (Å²) in [6.45, 7) is 2.31. The van der Waals surface area contributed by atoms with Gasteiger partial charge in [0.2, 0.25) is 11.8 Å². The van der Waals surface area contributed by atoms with E-state index >= 15 is 0 Å². The molecule has 1 atom stereocenters. The normalized spacial score (nSPS) is 24.5. The zero-order valence-corrected chi connectivity index (χ0v) is 18.6. The molecule has 34 heavy (non-hydrogen) atoms. The van der Waals surface area contributed by atoms with E-state index in [4.69, 9.17) is 9.90 Å². The number of nitrogens with zero attached hydrogens (tertiary/aromatic N) is 3. The molecule has 0 bridgehead atoms. The number of alkyl halides is 5. The van der Waals surface area contributed by atoms with Crippen molar-refractivity contribution in [2.75, 3.05) is 19.6 Å². The van der Waals surface area contributed by atoms with E-state index in [0.29, 0.717) is 25.9 Å². The Balaban J connectivity index is 0.000000406.